The van der Waals surface area contributed by atoms with Crippen LogP contribution in [0.15, 0.2) is 0 Å². The zero-order valence-electron chi connectivity index (χ0n) is 13.0. The Kier molecular flexibility index (Phi) is 5.62. The Bertz CT molecular complexity index is 466. The molecule has 2 rings (SSSR count). The highest BCUT2D eigenvalue weighted by Gasteiger charge is 2.36. The maximum absolute atomic E-state index is 12.7. The van der Waals surface area contributed by atoms with Crippen LogP contribution in [0.5, 0.6) is 0 Å². The molecule has 0 aliphatic carbocycles. The van der Waals surface area contributed by atoms with Crippen LogP contribution in [-0.4, -0.2) is 57.7 Å². The molecular formula is C14H27N3O3S. The number of carbonyl (C=O) groups excluding carboxylic acids is 1. The maximum Gasteiger partial charge on any atom is 0.227 e. The first-order chi connectivity index (χ1) is 9.88. The van der Waals surface area contributed by atoms with Crippen molar-refractivity contribution in [2.24, 2.45) is 11.8 Å². The molecule has 122 valence electrons. The number of hydrogen-bond donors (Lipinski definition) is 2. The molecule has 2 saturated heterocycles. The quantitative estimate of drug-likeness (QED) is 0.757. The summed E-state index contributed by atoms with van der Waals surface area (Å²) in [7, 11) is -3.15. The number of piperidine rings is 1. The third-order valence-corrected chi connectivity index (χ3v) is 5.32. The molecule has 3 unspecified atom stereocenters. The SMILES string of the molecule is CC1CNCC1C(=O)N1CCCCC1CCNS(C)(=O)=O. The van der Waals surface area contributed by atoms with E-state index < -0.39 is 10.0 Å². The highest BCUT2D eigenvalue weighted by Crippen LogP contribution is 2.25. The fourth-order valence-electron chi connectivity index (χ4n) is 3.36. The van der Waals surface area contributed by atoms with E-state index in [-0.39, 0.29) is 17.9 Å². The standard InChI is InChI=1S/C14H27N3O3S/c1-11-9-15-10-13(11)14(18)17-8-4-3-5-12(17)6-7-16-21(2,19)20/h11-13,15-16H,3-10H2,1-2H3. The van der Waals surface area contributed by atoms with E-state index >= 15 is 0 Å². The average molecular weight is 317 g/mol. The summed E-state index contributed by atoms with van der Waals surface area (Å²) < 4.78 is 24.8. The number of hydrogen-bond acceptors (Lipinski definition) is 4. The largest absolute Gasteiger partial charge is 0.339 e. The van der Waals surface area contributed by atoms with Crippen molar-refractivity contribution in [3.05, 3.63) is 0 Å². The van der Waals surface area contributed by atoms with E-state index in [1.54, 1.807) is 0 Å². The second-order valence-electron chi connectivity index (χ2n) is 6.38. The molecule has 6 nitrogen and oxygen atoms in total. The number of likely N-dealkylation sites (tertiary alicyclic amines) is 1. The van der Waals surface area contributed by atoms with Crippen LogP contribution >= 0.6 is 0 Å². The molecule has 7 heteroatoms. The molecule has 1 amide bonds. The van der Waals surface area contributed by atoms with Crippen molar-refractivity contribution >= 4 is 15.9 Å². The summed E-state index contributed by atoms with van der Waals surface area (Å²) in [5.41, 5.74) is 0. The lowest BCUT2D eigenvalue weighted by Crippen LogP contribution is -2.48. The summed E-state index contributed by atoms with van der Waals surface area (Å²) in [6.07, 6.45) is 5.02. The van der Waals surface area contributed by atoms with Crippen molar-refractivity contribution in [2.45, 2.75) is 38.6 Å². The van der Waals surface area contributed by atoms with E-state index in [1.165, 1.54) is 6.26 Å². The summed E-state index contributed by atoms with van der Waals surface area (Å²) in [6, 6.07) is 0.174. The van der Waals surface area contributed by atoms with Crippen LogP contribution in [0.2, 0.25) is 0 Å². The van der Waals surface area contributed by atoms with Crippen LogP contribution in [0.4, 0.5) is 0 Å². The number of nitrogens with zero attached hydrogens (tertiary/aromatic N) is 1. The summed E-state index contributed by atoms with van der Waals surface area (Å²) >= 11 is 0. The summed E-state index contributed by atoms with van der Waals surface area (Å²) in [6.45, 7) is 5.01. The Morgan fingerprint density at radius 1 is 1.33 bits per heavy atom. The number of sulfonamides is 1. The average Bonchev–Trinajstić information content (AvgIpc) is 2.83. The van der Waals surface area contributed by atoms with Crippen LogP contribution < -0.4 is 10.0 Å². The van der Waals surface area contributed by atoms with Gasteiger partial charge in [0.2, 0.25) is 15.9 Å². The van der Waals surface area contributed by atoms with Gasteiger partial charge in [-0.05, 0) is 38.1 Å². The van der Waals surface area contributed by atoms with Crippen molar-refractivity contribution in [3.8, 4) is 0 Å². The summed E-state index contributed by atoms with van der Waals surface area (Å²) in [5, 5.41) is 3.28. The molecule has 3 atom stereocenters. The van der Waals surface area contributed by atoms with Gasteiger partial charge in [0.25, 0.3) is 0 Å². The van der Waals surface area contributed by atoms with E-state index in [4.69, 9.17) is 0 Å². The minimum absolute atomic E-state index is 0.0773. The van der Waals surface area contributed by atoms with Crippen molar-refractivity contribution in [1.82, 2.24) is 14.9 Å². The maximum atomic E-state index is 12.7. The Labute approximate surface area is 127 Å². The Balaban J connectivity index is 1.93. The number of rotatable bonds is 5. The predicted molar refractivity (Wildman–Crippen MR) is 82.3 cm³/mol. The molecule has 2 heterocycles. The molecule has 2 N–H and O–H groups in total. The molecule has 0 spiro atoms. The lowest BCUT2D eigenvalue weighted by Gasteiger charge is -2.38. The van der Waals surface area contributed by atoms with Crippen LogP contribution in [-0.2, 0) is 14.8 Å². The van der Waals surface area contributed by atoms with Gasteiger partial charge in [-0.1, -0.05) is 6.92 Å². The van der Waals surface area contributed by atoms with E-state index in [9.17, 15) is 13.2 Å². The number of nitrogens with one attached hydrogen (secondary N) is 2. The molecule has 0 aromatic carbocycles. The molecule has 0 saturated carbocycles. The first-order valence-electron chi connectivity index (χ1n) is 7.84. The van der Waals surface area contributed by atoms with Gasteiger partial charge in [-0.25, -0.2) is 13.1 Å². The van der Waals surface area contributed by atoms with Crippen LogP contribution in [0.1, 0.15) is 32.6 Å². The van der Waals surface area contributed by atoms with Gasteiger partial charge >= 0.3 is 0 Å². The molecule has 0 aromatic heterocycles. The van der Waals surface area contributed by atoms with E-state index in [1.807, 2.05) is 4.90 Å². The van der Waals surface area contributed by atoms with Crippen molar-refractivity contribution < 1.29 is 13.2 Å². The molecular weight excluding hydrogens is 290 g/mol. The lowest BCUT2D eigenvalue weighted by atomic mass is 9.92. The molecule has 0 aromatic rings. The molecule has 0 bridgehead atoms. The van der Waals surface area contributed by atoms with Crippen LogP contribution in [0.25, 0.3) is 0 Å². The normalized spacial score (nSPS) is 30.6. The van der Waals surface area contributed by atoms with Gasteiger partial charge < -0.3 is 10.2 Å². The lowest BCUT2D eigenvalue weighted by molar-refractivity contribution is -0.139. The topological polar surface area (TPSA) is 78.5 Å². The number of carbonyl (C=O) groups is 1. The van der Waals surface area contributed by atoms with Gasteiger partial charge in [0.1, 0.15) is 0 Å². The number of amides is 1. The van der Waals surface area contributed by atoms with Crippen molar-refractivity contribution in [1.29, 1.82) is 0 Å². The first kappa shape index (κ1) is 16.7. The predicted octanol–water partition coefficient (Wildman–Crippen LogP) is 0.162. The van der Waals surface area contributed by atoms with Crippen LogP contribution in [0.3, 0.4) is 0 Å². The van der Waals surface area contributed by atoms with Crippen LogP contribution in [0, 0.1) is 11.8 Å². The minimum Gasteiger partial charge on any atom is -0.339 e. The smallest absolute Gasteiger partial charge is 0.227 e. The van der Waals surface area contributed by atoms with E-state index in [0.717, 1.165) is 38.9 Å². The zero-order chi connectivity index (χ0) is 15.5. The third kappa shape index (κ3) is 4.66. The fraction of sp³-hybridized carbons (Fsp3) is 0.929. The monoisotopic (exact) mass is 317 g/mol. The highest BCUT2D eigenvalue weighted by atomic mass is 32.2. The second kappa shape index (κ2) is 7.07. The van der Waals surface area contributed by atoms with E-state index in [0.29, 0.717) is 18.9 Å². The van der Waals surface area contributed by atoms with Gasteiger partial charge in [0.05, 0.1) is 12.2 Å². The van der Waals surface area contributed by atoms with Gasteiger partial charge in [-0.3, -0.25) is 4.79 Å². The first-order valence-corrected chi connectivity index (χ1v) is 9.73. The zero-order valence-corrected chi connectivity index (χ0v) is 13.8. The minimum atomic E-state index is -3.15. The Morgan fingerprint density at radius 3 is 2.71 bits per heavy atom. The summed E-state index contributed by atoms with van der Waals surface area (Å²) in [4.78, 5) is 14.7. The van der Waals surface area contributed by atoms with Gasteiger partial charge in [-0.2, -0.15) is 0 Å². The summed E-state index contributed by atoms with van der Waals surface area (Å²) in [5.74, 6) is 0.708. The third-order valence-electron chi connectivity index (χ3n) is 4.59. The van der Waals surface area contributed by atoms with Crippen molar-refractivity contribution in [3.63, 3.8) is 0 Å². The molecule has 0 radical (unpaired) electrons. The van der Waals surface area contributed by atoms with Gasteiger partial charge in [0.15, 0.2) is 0 Å². The fourth-order valence-corrected chi connectivity index (χ4v) is 3.84. The molecule has 2 aliphatic rings. The molecule has 21 heavy (non-hydrogen) atoms. The molecule has 2 fully saturated rings. The Hall–Kier alpha value is -0.660. The second-order valence-corrected chi connectivity index (χ2v) is 8.21. The Morgan fingerprint density at radius 2 is 2.10 bits per heavy atom. The highest BCUT2D eigenvalue weighted by molar-refractivity contribution is 7.88. The van der Waals surface area contributed by atoms with Gasteiger partial charge in [0, 0.05) is 25.7 Å². The van der Waals surface area contributed by atoms with Gasteiger partial charge in [-0.15, -0.1) is 0 Å². The molecule has 2 aliphatic heterocycles. The van der Waals surface area contributed by atoms with E-state index in [2.05, 4.69) is 17.0 Å². The van der Waals surface area contributed by atoms with Crippen molar-refractivity contribution in [2.75, 3.05) is 32.4 Å².